The second-order valence-electron chi connectivity index (χ2n) is 7.76. The molecule has 0 saturated heterocycles. The van der Waals surface area contributed by atoms with Crippen LogP contribution < -0.4 is 20.3 Å². The quantitative estimate of drug-likeness (QED) is 0.347. The van der Waals surface area contributed by atoms with Crippen molar-refractivity contribution < 1.29 is 19.1 Å². The third kappa shape index (κ3) is 6.95. The molecule has 0 aliphatic rings. The first kappa shape index (κ1) is 23.6. The molecule has 0 unspecified atom stereocenters. The van der Waals surface area contributed by atoms with Crippen molar-refractivity contribution in [2.45, 2.75) is 6.42 Å². The minimum Gasteiger partial charge on any atom is -0.492 e. The van der Waals surface area contributed by atoms with E-state index in [0.717, 1.165) is 23.1 Å². The predicted molar refractivity (Wildman–Crippen MR) is 135 cm³/mol. The lowest BCUT2D eigenvalue weighted by molar-refractivity contribution is -0.123. The van der Waals surface area contributed by atoms with Crippen molar-refractivity contribution in [3.05, 3.63) is 120 Å². The molecule has 0 heterocycles. The Hall–Kier alpha value is -4.58. The van der Waals surface area contributed by atoms with Gasteiger partial charge in [0.15, 0.2) is 6.61 Å². The number of amides is 2. The van der Waals surface area contributed by atoms with Crippen molar-refractivity contribution >= 4 is 11.8 Å². The van der Waals surface area contributed by atoms with Gasteiger partial charge in [-0.15, -0.1) is 0 Å². The topological polar surface area (TPSA) is 76.7 Å². The average Bonchev–Trinajstić information content (AvgIpc) is 2.92. The Morgan fingerprint density at radius 2 is 1.26 bits per heavy atom. The standard InChI is InChI=1S/C29H26N2O4/c32-28(21-35-25-17-15-24(16-18-25)23-11-5-2-6-12-23)30-31-29(33)26-13-7-8-14-27(26)34-20-19-22-9-3-1-4-10-22/h1-18H,19-21H2,(H,30,32)(H,31,33). The molecule has 0 aliphatic carbocycles. The highest BCUT2D eigenvalue weighted by Crippen LogP contribution is 2.22. The zero-order valence-electron chi connectivity index (χ0n) is 19.1. The number of carbonyl (C=O) groups is 2. The van der Waals surface area contributed by atoms with Crippen LogP contribution in [0.15, 0.2) is 109 Å². The van der Waals surface area contributed by atoms with Gasteiger partial charge < -0.3 is 9.47 Å². The average molecular weight is 467 g/mol. The molecule has 0 aromatic heterocycles. The Kier molecular flexibility index (Phi) is 8.11. The van der Waals surface area contributed by atoms with Crippen LogP contribution in [0, 0.1) is 0 Å². The van der Waals surface area contributed by atoms with Gasteiger partial charge in [-0.25, -0.2) is 0 Å². The molecule has 0 bridgehead atoms. The first-order chi connectivity index (χ1) is 17.2. The SMILES string of the molecule is O=C(COc1ccc(-c2ccccc2)cc1)NNC(=O)c1ccccc1OCCc1ccccc1. The number of hydrogen-bond acceptors (Lipinski definition) is 4. The van der Waals surface area contributed by atoms with Gasteiger partial charge in [0, 0.05) is 6.42 Å². The summed E-state index contributed by atoms with van der Waals surface area (Å²) in [6.45, 7) is 0.192. The van der Waals surface area contributed by atoms with Gasteiger partial charge in [-0.2, -0.15) is 0 Å². The number of para-hydroxylation sites is 1. The molecule has 0 atom stereocenters. The van der Waals surface area contributed by atoms with E-state index >= 15 is 0 Å². The second-order valence-corrected chi connectivity index (χ2v) is 7.76. The normalized spacial score (nSPS) is 10.3. The Bertz CT molecular complexity index is 1240. The summed E-state index contributed by atoms with van der Waals surface area (Å²) in [5, 5.41) is 0. The number of nitrogens with one attached hydrogen (secondary N) is 2. The van der Waals surface area contributed by atoms with Crippen LogP contribution >= 0.6 is 0 Å². The summed E-state index contributed by atoms with van der Waals surface area (Å²) in [5.74, 6) is 0.0575. The molecular weight excluding hydrogens is 440 g/mol. The minimum atomic E-state index is -0.479. The summed E-state index contributed by atoms with van der Waals surface area (Å²) in [6, 6.07) is 34.3. The third-order valence-corrected chi connectivity index (χ3v) is 5.27. The molecule has 176 valence electrons. The van der Waals surface area contributed by atoms with Crippen molar-refractivity contribution in [2.75, 3.05) is 13.2 Å². The Morgan fingerprint density at radius 3 is 2.00 bits per heavy atom. The molecule has 2 N–H and O–H groups in total. The molecular formula is C29H26N2O4. The van der Waals surface area contributed by atoms with Crippen molar-refractivity contribution in [3.8, 4) is 22.6 Å². The monoisotopic (exact) mass is 466 g/mol. The number of hydrazine groups is 1. The van der Waals surface area contributed by atoms with E-state index in [0.29, 0.717) is 23.7 Å². The molecule has 0 aliphatic heterocycles. The van der Waals surface area contributed by atoms with Gasteiger partial charge in [0.1, 0.15) is 11.5 Å². The highest BCUT2D eigenvalue weighted by Gasteiger charge is 2.13. The molecule has 0 saturated carbocycles. The molecule has 0 spiro atoms. The lowest BCUT2D eigenvalue weighted by Crippen LogP contribution is -2.43. The molecule has 0 fully saturated rings. The van der Waals surface area contributed by atoms with Crippen LogP contribution in [-0.4, -0.2) is 25.0 Å². The maximum absolute atomic E-state index is 12.6. The van der Waals surface area contributed by atoms with Gasteiger partial charge in [-0.3, -0.25) is 20.4 Å². The summed E-state index contributed by atoms with van der Waals surface area (Å²) in [6.07, 6.45) is 0.719. The van der Waals surface area contributed by atoms with E-state index in [4.69, 9.17) is 9.47 Å². The summed E-state index contributed by atoms with van der Waals surface area (Å²) in [4.78, 5) is 24.8. The highest BCUT2D eigenvalue weighted by atomic mass is 16.5. The first-order valence-corrected chi connectivity index (χ1v) is 11.3. The second kappa shape index (κ2) is 12.0. The zero-order valence-corrected chi connectivity index (χ0v) is 19.1. The van der Waals surface area contributed by atoms with Crippen molar-refractivity contribution in [1.82, 2.24) is 10.9 Å². The van der Waals surface area contributed by atoms with Gasteiger partial charge in [-0.05, 0) is 41.0 Å². The number of benzene rings is 4. The number of ether oxygens (including phenoxy) is 2. The van der Waals surface area contributed by atoms with E-state index in [1.807, 2.05) is 72.8 Å². The molecule has 6 nitrogen and oxygen atoms in total. The smallest absolute Gasteiger partial charge is 0.276 e. The Labute approximate surface area is 204 Å². The fourth-order valence-electron chi connectivity index (χ4n) is 3.46. The largest absolute Gasteiger partial charge is 0.492 e. The van der Waals surface area contributed by atoms with E-state index in [1.165, 1.54) is 0 Å². The van der Waals surface area contributed by atoms with E-state index < -0.39 is 11.8 Å². The van der Waals surface area contributed by atoms with E-state index in [-0.39, 0.29) is 6.61 Å². The fourth-order valence-corrected chi connectivity index (χ4v) is 3.46. The lowest BCUT2D eigenvalue weighted by atomic mass is 10.1. The van der Waals surface area contributed by atoms with Crippen LogP contribution in [0.1, 0.15) is 15.9 Å². The van der Waals surface area contributed by atoms with Crippen LogP contribution in [0.4, 0.5) is 0 Å². The summed E-state index contributed by atoms with van der Waals surface area (Å²) in [7, 11) is 0. The molecule has 0 radical (unpaired) electrons. The molecule has 4 aromatic carbocycles. The fraction of sp³-hybridized carbons (Fsp3) is 0.103. The molecule has 35 heavy (non-hydrogen) atoms. The van der Waals surface area contributed by atoms with Gasteiger partial charge in [-0.1, -0.05) is 84.9 Å². The van der Waals surface area contributed by atoms with E-state index in [1.54, 1.807) is 36.4 Å². The molecule has 6 heteroatoms. The minimum absolute atomic E-state index is 0.236. The summed E-state index contributed by atoms with van der Waals surface area (Å²) < 4.78 is 11.3. The van der Waals surface area contributed by atoms with Crippen LogP contribution in [0.2, 0.25) is 0 Å². The van der Waals surface area contributed by atoms with Gasteiger partial charge in [0.25, 0.3) is 11.8 Å². The third-order valence-electron chi connectivity index (χ3n) is 5.27. The van der Waals surface area contributed by atoms with Gasteiger partial charge in [0.05, 0.1) is 12.2 Å². The van der Waals surface area contributed by atoms with Crippen molar-refractivity contribution in [1.29, 1.82) is 0 Å². The summed E-state index contributed by atoms with van der Waals surface area (Å²) >= 11 is 0. The lowest BCUT2D eigenvalue weighted by Gasteiger charge is -2.13. The van der Waals surface area contributed by atoms with Crippen LogP contribution in [-0.2, 0) is 11.2 Å². The van der Waals surface area contributed by atoms with E-state index in [9.17, 15) is 9.59 Å². The first-order valence-electron chi connectivity index (χ1n) is 11.3. The maximum Gasteiger partial charge on any atom is 0.276 e. The van der Waals surface area contributed by atoms with Crippen LogP contribution in [0.5, 0.6) is 11.5 Å². The Balaban J connectivity index is 1.23. The van der Waals surface area contributed by atoms with Crippen LogP contribution in [0.3, 0.4) is 0 Å². The predicted octanol–water partition coefficient (Wildman–Crippen LogP) is 4.82. The number of hydrogen-bond donors (Lipinski definition) is 2. The maximum atomic E-state index is 12.6. The number of rotatable bonds is 9. The number of carbonyl (C=O) groups excluding carboxylic acids is 2. The van der Waals surface area contributed by atoms with Gasteiger partial charge in [0.2, 0.25) is 0 Å². The zero-order chi connectivity index (χ0) is 24.3. The molecule has 4 rings (SSSR count). The molecule has 2 amide bonds. The highest BCUT2D eigenvalue weighted by molar-refractivity contribution is 5.97. The van der Waals surface area contributed by atoms with E-state index in [2.05, 4.69) is 10.9 Å². The van der Waals surface area contributed by atoms with Crippen LogP contribution in [0.25, 0.3) is 11.1 Å². The summed E-state index contributed by atoms with van der Waals surface area (Å²) in [5.41, 5.74) is 8.43. The molecule has 4 aromatic rings. The van der Waals surface area contributed by atoms with Crippen molar-refractivity contribution in [3.63, 3.8) is 0 Å². The van der Waals surface area contributed by atoms with Crippen molar-refractivity contribution in [2.24, 2.45) is 0 Å². The Morgan fingerprint density at radius 1 is 0.629 bits per heavy atom. The van der Waals surface area contributed by atoms with Gasteiger partial charge >= 0.3 is 0 Å².